The van der Waals surface area contributed by atoms with Crippen LogP contribution in [-0.4, -0.2) is 36.4 Å². The fraction of sp³-hybridized carbons (Fsp3) is 0.125. The lowest BCUT2D eigenvalue weighted by Crippen LogP contribution is -2.22. The molecule has 2 N–H and O–H groups in total. The van der Waals surface area contributed by atoms with Crippen molar-refractivity contribution >= 4 is 73.5 Å². The standard InChI is InChI=1S/C24H16N6O6S/c1-2-20(26-11-37)28-10-17(15-8-13(30(35)36)4-6-19(15)28)22-21(23(31)27-24(22)32)16-9-25-18-5-3-12(29(33)34)7-14(16)18/h3-10,20,25H,2H2,1H3,(H,27,31,32). The van der Waals surface area contributed by atoms with Crippen molar-refractivity contribution in [2.45, 2.75) is 19.5 Å². The molecule has 2 amide bonds. The van der Waals surface area contributed by atoms with Gasteiger partial charge in [0, 0.05) is 64.1 Å². The smallest absolute Gasteiger partial charge is 0.270 e. The molecule has 0 fully saturated rings. The number of carbonyl (C=O) groups is 2. The quantitative estimate of drug-likeness (QED) is 0.120. The lowest BCUT2D eigenvalue weighted by molar-refractivity contribution is -0.384. The fourth-order valence-electron chi connectivity index (χ4n) is 4.61. The number of nitro benzene ring substituents is 2. The molecule has 0 radical (unpaired) electrons. The van der Waals surface area contributed by atoms with Crippen LogP contribution in [0.4, 0.5) is 11.4 Å². The van der Waals surface area contributed by atoms with E-state index in [-0.39, 0.29) is 33.6 Å². The van der Waals surface area contributed by atoms with E-state index in [9.17, 15) is 29.8 Å². The number of nitro groups is 2. The minimum atomic E-state index is -0.697. The van der Waals surface area contributed by atoms with E-state index in [1.165, 1.54) is 36.5 Å². The third-order valence-electron chi connectivity index (χ3n) is 6.26. The van der Waals surface area contributed by atoms with Crippen LogP contribution in [0.1, 0.15) is 30.6 Å². The first kappa shape index (κ1) is 23.7. The molecule has 0 bridgehead atoms. The molecule has 1 aliphatic rings. The van der Waals surface area contributed by atoms with Crippen LogP contribution in [0.2, 0.25) is 0 Å². The fourth-order valence-corrected chi connectivity index (χ4v) is 4.73. The van der Waals surface area contributed by atoms with Crippen molar-refractivity contribution in [2.75, 3.05) is 0 Å². The molecule has 1 atom stereocenters. The summed E-state index contributed by atoms with van der Waals surface area (Å²) in [5.41, 5.74) is 1.22. The molecule has 0 aliphatic carbocycles. The number of aromatic nitrogens is 2. The number of thiocarbonyl (C=S) groups is 1. The van der Waals surface area contributed by atoms with Gasteiger partial charge in [-0.15, -0.1) is 0 Å². The lowest BCUT2D eigenvalue weighted by atomic mass is 9.95. The monoisotopic (exact) mass is 516 g/mol. The maximum atomic E-state index is 13.1. The van der Waals surface area contributed by atoms with E-state index in [0.717, 1.165) is 0 Å². The number of hydrogen-bond donors (Lipinski definition) is 2. The number of rotatable bonds is 7. The van der Waals surface area contributed by atoms with Gasteiger partial charge in [0.15, 0.2) is 0 Å². The predicted molar refractivity (Wildman–Crippen MR) is 138 cm³/mol. The number of amides is 2. The van der Waals surface area contributed by atoms with Crippen molar-refractivity contribution in [1.82, 2.24) is 14.9 Å². The summed E-state index contributed by atoms with van der Waals surface area (Å²) in [5, 5.41) is 28.2. The molecular formula is C24H16N6O6S. The molecule has 1 unspecified atom stereocenters. The Bertz CT molecular complexity index is 1760. The molecule has 5 rings (SSSR count). The van der Waals surface area contributed by atoms with Crippen LogP contribution in [0.3, 0.4) is 0 Å². The molecule has 0 saturated carbocycles. The van der Waals surface area contributed by atoms with E-state index >= 15 is 0 Å². The number of isothiocyanates is 1. The maximum absolute atomic E-state index is 13.1. The van der Waals surface area contributed by atoms with Crippen LogP contribution in [0.15, 0.2) is 53.8 Å². The second kappa shape index (κ2) is 8.90. The van der Waals surface area contributed by atoms with Gasteiger partial charge in [-0.2, -0.15) is 0 Å². The Hall–Kier alpha value is -5.00. The summed E-state index contributed by atoms with van der Waals surface area (Å²) in [6, 6.07) is 8.36. The van der Waals surface area contributed by atoms with Gasteiger partial charge in [-0.05, 0) is 30.8 Å². The number of fused-ring (bicyclic) bond motifs is 2. The molecule has 13 heteroatoms. The van der Waals surface area contributed by atoms with Crippen molar-refractivity contribution in [3.8, 4) is 0 Å². The molecule has 2 aromatic heterocycles. The number of H-pyrrole nitrogens is 1. The van der Waals surface area contributed by atoms with Gasteiger partial charge in [-0.1, -0.05) is 6.92 Å². The van der Waals surface area contributed by atoms with Crippen LogP contribution >= 0.6 is 12.2 Å². The third kappa shape index (κ3) is 3.78. The lowest BCUT2D eigenvalue weighted by Gasteiger charge is -2.12. The van der Waals surface area contributed by atoms with Crippen molar-refractivity contribution in [3.63, 3.8) is 0 Å². The molecule has 4 aromatic rings. The Morgan fingerprint density at radius 1 is 1.00 bits per heavy atom. The molecule has 12 nitrogen and oxygen atoms in total. The number of benzene rings is 2. The largest absolute Gasteiger partial charge is 0.361 e. The van der Waals surface area contributed by atoms with E-state index < -0.39 is 27.8 Å². The zero-order valence-corrected chi connectivity index (χ0v) is 19.9. The Kier molecular flexibility index (Phi) is 5.71. The van der Waals surface area contributed by atoms with Crippen LogP contribution in [0, 0.1) is 20.2 Å². The van der Waals surface area contributed by atoms with Gasteiger partial charge in [0.1, 0.15) is 6.17 Å². The zero-order valence-electron chi connectivity index (χ0n) is 19.0. The normalized spacial score (nSPS) is 14.2. The van der Waals surface area contributed by atoms with Crippen LogP contribution in [0.25, 0.3) is 33.0 Å². The maximum Gasteiger partial charge on any atom is 0.270 e. The van der Waals surface area contributed by atoms with Gasteiger partial charge in [0.05, 0.1) is 31.7 Å². The third-order valence-corrected chi connectivity index (χ3v) is 6.37. The highest BCUT2D eigenvalue weighted by atomic mass is 32.1. The topological polar surface area (TPSA) is 166 Å². The molecule has 1 aliphatic heterocycles. The van der Waals surface area contributed by atoms with Gasteiger partial charge in [0.2, 0.25) is 0 Å². The summed E-state index contributed by atoms with van der Waals surface area (Å²) in [4.78, 5) is 55.1. The highest BCUT2D eigenvalue weighted by molar-refractivity contribution is 7.78. The van der Waals surface area contributed by atoms with Crippen molar-refractivity contribution in [1.29, 1.82) is 0 Å². The van der Waals surface area contributed by atoms with Gasteiger partial charge in [-0.25, -0.2) is 4.99 Å². The number of hydrogen-bond acceptors (Lipinski definition) is 8. The Morgan fingerprint density at radius 2 is 1.62 bits per heavy atom. The Balaban J connectivity index is 1.86. The zero-order chi connectivity index (χ0) is 26.4. The average molecular weight is 516 g/mol. The van der Waals surface area contributed by atoms with Gasteiger partial charge >= 0.3 is 0 Å². The number of non-ortho nitro benzene ring substituents is 2. The van der Waals surface area contributed by atoms with E-state index in [2.05, 4.69) is 20.5 Å². The summed E-state index contributed by atoms with van der Waals surface area (Å²) in [7, 11) is 0. The van der Waals surface area contributed by atoms with Crippen molar-refractivity contribution in [2.24, 2.45) is 4.99 Å². The molecule has 2 aromatic carbocycles. The number of carbonyl (C=O) groups excluding carboxylic acids is 2. The first-order chi connectivity index (χ1) is 17.7. The predicted octanol–water partition coefficient (Wildman–Crippen LogP) is 4.52. The molecule has 37 heavy (non-hydrogen) atoms. The summed E-state index contributed by atoms with van der Waals surface area (Å²) in [6.07, 6.45) is 3.10. The van der Waals surface area contributed by atoms with Crippen LogP contribution in [-0.2, 0) is 9.59 Å². The first-order valence-corrected chi connectivity index (χ1v) is 11.4. The highest BCUT2D eigenvalue weighted by Crippen LogP contribution is 2.40. The number of nitrogens with zero attached hydrogens (tertiary/aromatic N) is 4. The van der Waals surface area contributed by atoms with E-state index in [4.69, 9.17) is 12.2 Å². The first-order valence-electron chi connectivity index (χ1n) is 11.0. The minimum absolute atomic E-state index is 0.00585. The Labute approximate surface area is 212 Å². The van der Waals surface area contributed by atoms with Crippen LogP contribution < -0.4 is 5.32 Å². The molecular weight excluding hydrogens is 500 g/mol. The summed E-state index contributed by atoms with van der Waals surface area (Å²) >= 11 is 4.78. The second-order valence-electron chi connectivity index (χ2n) is 8.24. The van der Waals surface area contributed by atoms with Gasteiger partial charge in [0.25, 0.3) is 23.2 Å². The molecule has 184 valence electrons. The highest BCUT2D eigenvalue weighted by Gasteiger charge is 2.36. The molecule has 3 heterocycles. The second-order valence-corrected chi connectivity index (χ2v) is 8.42. The number of aliphatic imine (C=N–C) groups is 1. The Morgan fingerprint density at radius 3 is 2.24 bits per heavy atom. The molecule has 0 saturated heterocycles. The number of imide groups is 1. The van der Waals surface area contributed by atoms with Gasteiger partial charge in [-0.3, -0.25) is 35.1 Å². The van der Waals surface area contributed by atoms with Crippen molar-refractivity contribution < 1.29 is 19.4 Å². The number of aromatic amines is 1. The van der Waals surface area contributed by atoms with E-state index in [1.807, 2.05) is 6.92 Å². The summed E-state index contributed by atoms with van der Waals surface area (Å²) < 4.78 is 1.72. The summed E-state index contributed by atoms with van der Waals surface area (Å²) in [5.74, 6) is -1.39. The number of nitrogens with one attached hydrogen (secondary N) is 2. The van der Waals surface area contributed by atoms with E-state index in [0.29, 0.717) is 28.2 Å². The van der Waals surface area contributed by atoms with Crippen molar-refractivity contribution in [3.05, 3.63) is 80.1 Å². The van der Waals surface area contributed by atoms with Crippen LogP contribution in [0.5, 0.6) is 0 Å². The average Bonchev–Trinajstić information content (AvgIpc) is 3.54. The van der Waals surface area contributed by atoms with Gasteiger partial charge < -0.3 is 9.55 Å². The van der Waals surface area contributed by atoms with E-state index in [1.54, 1.807) is 16.8 Å². The summed E-state index contributed by atoms with van der Waals surface area (Å²) in [6.45, 7) is 1.87. The SMILES string of the molecule is CCC(N=C=S)n1cc(C2=C(c3c[nH]c4ccc([N+](=O)[O-])cc34)C(=O)NC2=O)c2cc([N+](=O)[O-])ccc21. The minimum Gasteiger partial charge on any atom is -0.361 e. The molecule has 0 spiro atoms.